The Balaban J connectivity index is 2.22. The molecule has 0 saturated carbocycles. The van der Waals surface area contributed by atoms with E-state index < -0.39 is 0 Å². The third kappa shape index (κ3) is 1.44. The molecule has 0 aliphatic heterocycles. The average molecular weight is 243 g/mol. The van der Waals surface area contributed by atoms with Crippen LogP contribution in [-0.4, -0.2) is 27.8 Å². The minimum atomic E-state index is -0.330. The van der Waals surface area contributed by atoms with Crippen LogP contribution < -0.4 is 0 Å². The quantitative estimate of drug-likeness (QED) is 0.710. The molecule has 3 rings (SSSR count). The number of ether oxygens (including phenoxy) is 1. The first kappa shape index (κ1) is 11.0. The number of fused-ring (bicyclic) bond motifs is 3. The predicted octanol–water partition coefficient (Wildman–Crippen LogP) is 1.37. The van der Waals surface area contributed by atoms with E-state index >= 15 is 0 Å². The van der Waals surface area contributed by atoms with Crippen molar-refractivity contribution in [2.45, 2.75) is 12.8 Å². The minimum absolute atomic E-state index is 0.330. The van der Waals surface area contributed by atoms with Gasteiger partial charge in [0, 0.05) is 30.6 Å². The van der Waals surface area contributed by atoms with Gasteiger partial charge in [-0.15, -0.1) is 0 Å². The Kier molecular flexibility index (Phi) is 2.40. The Morgan fingerprint density at radius 3 is 3.06 bits per heavy atom. The van der Waals surface area contributed by atoms with Gasteiger partial charge >= 0.3 is 5.97 Å². The van der Waals surface area contributed by atoms with Gasteiger partial charge in [-0.05, 0) is 24.5 Å². The monoisotopic (exact) mass is 243 g/mol. The topological polar surface area (TPSA) is 57.0 Å². The lowest BCUT2D eigenvalue weighted by Gasteiger charge is -2.14. The molecule has 0 unspecified atom stereocenters. The minimum Gasteiger partial charge on any atom is -0.464 e. The number of hydrogen-bond acceptors (Lipinski definition) is 4. The molecule has 2 aromatic rings. The molecular weight excluding hydrogens is 230 g/mol. The second-order valence-corrected chi connectivity index (χ2v) is 4.32. The lowest BCUT2D eigenvalue weighted by Crippen LogP contribution is -2.12. The number of carbonyl (C=O) groups is 1. The van der Waals surface area contributed by atoms with Gasteiger partial charge in [-0.3, -0.25) is 9.67 Å². The zero-order valence-corrected chi connectivity index (χ0v) is 10.3. The Morgan fingerprint density at radius 1 is 1.44 bits per heavy atom. The summed E-state index contributed by atoms with van der Waals surface area (Å²) in [5, 5.41) is 4.45. The molecule has 0 fully saturated rings. The second kappa shape index (κ2) is 3.94. The maximum absolute atomic E-state index is 11.8. The highest BCUT2D eigenvalue weighted by Crippen LogP contribution is 2.33. The number of methoxy groups -OCH3 is 1. The van der Waals surface area contributed by atoms with E-state index in [9.17, 15) is 4.79 Å². The summed E-state index contributed by atoms with van der Waals surface area (Å²) < 4.78 is 6.42. The smallest absolute Gasteiger partial charge is 0.356 e. The fraction of sp³-hybridized carbons (Fsp3) is 0.308. The van der Waals surface area contributed by atoms with Crippen molar-refractivity contribution in [1.29, 1.82) is 0 Å². The van der Waals surface area contributed by atoms with Gasteiger partial charge in [0.05, 0.1) is 12.8 Å². The molecule has 18 heavy (non-hydrogen) atoms. The van der Waals surface area contributed by atoms with E-state index in [-0.39, 0.29) is 5.97 Å². The highest BCUT2D eigenvalue weighted by Gasteiger charge is 2.27. The molecule has 0 amide bonds. The Bertz CT molecular complexity index is 631. The molecule has 1 aliphatic carbocycles. The van der Waals surface area contributed by atoms with Crippen LogP contribution in [0.1, 0.15) is 21.6 Å². The number of hydrogen-bond donors (Lipinski definition) is 0. The van der Waals surface area contributed by atoms with Crippen LogP contribution in [0.25, 0.3) is 11.3 Å². The molecule has 1 aliphatic rings. The standard InChI is InChI=1S/C13H13N3O2/c1-16-12(13(17)18-2)10-4-3-8-7-14-6-5-9(8)11(10)15-16/h5-7H,3-4H2,1-2H3. The number of aryl methyl sites for hydroxylation is 2. The molecule has 0 aromatic carbocycles. The number of carbonyl (C=O) groups excluding carboxylic acids is 1. The number of esters is 1. The van der Waals surface area contributed by atoms with E-state index in [2.05, 4.69) is 10.1 Å². The van der Waals surface area contributed by atoms with E-state index in [0.717, 1.165) is 29.7 Å². The normalized spacial score (nSPS) is 12.8. The summed E-state index contributed by atoms with van der Waals surface area (Å²) in [5.74, 6) is -0.330. The number of rotatable bonds is 1. The number of aromatic nitrogens is 3. The van der Waals surface area contributed by atoms with Gasteiger partial charge in [-0.25, -0.2) is 4.79 Å². The van der Waals surface area contributed by atoms with Crippen LogP contribution in [0.4, 0.5) is 0 Å². The van der Waals surface area contributed by atoms with Crippen LogP contribution >= 0.6 is 0 Å². The lowest BCUT2D eigenvalue weighted by molar-refractivity contribution is 0.0587. The molecule has 5 heteroatoms. The molecule has 5 nitrogen and oxygen atoms in total. The van der Waals surface area contributed by atoms with Gasteiger partial charge in [0.1, 0.15) is 5.69 Å². The first-order chi connectivity index (χ1) is 8.72. The van der Waals surface area contributed by atoms with E-state index in [4.69, 9.17) is 4.74 Å². The Hall–Kier alpha value is -2.17. The molecule has 0 bridgehead atoms. The molecule has 92 valence electrons. The fourth-order valence-corrected chi connectivity index (χ4v) is 2.49. The maximum Gasteiger partial charge on any atom is 0.356 e. The highest BCUT2D eigenvalue weighted by molar-refractivity contribution is 5.92. The van der Waals surface area contributed by atoms with E-state index in [1.807, 2.05) is 12.3 Å². The molecular formula is C13H13N3O2. The third-order valence-electron chi connectivity index (χ3n) is 3.33. The van der Waals surface area contributed by atoms with Crippen molar-refractivity contribution in [1.82, 2.24) is 14.8 Å². The largest absolute Gasteiger partial charge is 0.464 e. The number of pyridine rings is 1. The molecule has 0 atom stereocenters. The average Bonchev–Trinajstić information content (AvgIpc) is 2.74. The van der Waals surface area contributed by atoms with E-state index in [1.165, 1.54) is 12.7 Å². The van der Waals surface area contributed by atoms with Crippen molar-refractivity contribution in [2.75, 3.05) is 7.11 Å². The first-order valence-corrected chi connectivity index (χ1v) is 5.80. The summed E-state index contributed by atoms with van der Waals surface area (Å²) in [6, 6.07) is 1.95. The van der Waals surface area contributed by atoms with Crippen molar-refractivity contribution in [3.8, 4) is 11.3 Å². The van der Waals surface area contributed by atoms with Crippen molar-refractivity contribution in [2.24, 2.45) is 7.05 Å². The van der Waals surface area contributed by atoms with Crippen LogP contribution in [-0.2, 0) is 24.6 Å². The maximum atomic E-state index is 11.8. The third-order valence-corrected chi connectivity index (χ3v) is 3.33. The van der Waals surface area contributed by atoms with Gasteiger partial charge in [0.25, 0.3) is 0 Å². The zero-order chi connectivity index (χ0) is 12.7. The van der Waals surface area contributed by atoms with Gasteiger partial charge < -0.3 is 4.74 Å². The molecule has 2 aromatic heterocycles. The zero-order valence-electron chi connectivity index (χ0n) is 10.3. The summed E-state index contributed by atoms with van der Waals surface area (Å²) in [7, 11) is 3.16. The van der Waals surface area contributed by atoms with Gasteiger partial charge in [0.2, 0.25) is 0 Å². The molecule has 0 N–H and O–H groups in total. The molecule has 2 heterocycles. The first-order valence-electron chi connectivity index (χ1n) is 5.80. The van der Waals surface area contributed by atoms with Crippen molar-refractivity contribution < 1.29 is 9.53 Å². The van der Waals surface area contributed by atoms with Crippen LogP contribution in [0, 0.1) is 0 Å². The van der Waals surface area contributed by atoms with E-state index in [1.54, 1.807) is 17.9 Å². The highest BCUT2D eigenvalue weighted by atomic mass is 16.5. The van der Waals surface area contributed by atoms with Gasteiger partial charge in [0.15, 0.2) is 0 Å². The summed E-state index contributed by atoms with van der Waals surface area (Å²) >= 11 is 0. The SMILES string of the molecule is COC(=O)c1c2c(nn1C)-c1ccncc1CC2. The Labute approximate surface area is 104 Å². The molecule has 0 radical (unpaired) electrons. The van der Waals surface area contributed by atoms with Gasteiger partial charge in [-0.1, -0.05) is 0 Å². The number of nitrogens with zero attached hydrogens (tertiary/aromatic N) is 3. The molecule has 0 spiro atoms. The van der Waals surface area contributed by atoms with Gasteiger partial charge in [-0.2, -0.15) is 5.10 Å². The van der Waals surface area contributed by atoms with Crippen LogP contribution in [0.15, 0.2) is 18.5 Å². The van der Waals surface area contributed by atoms with Crippen LogP contribution in [0.5, 0.6) is 0 Å². The predicted molar refractivity (Wildman–Crippen MR) is 65.2 cm³/mol. The van der Waals surface area contributed by atoms with Crippen molar-refractivity contribution in [3.63, 3.8) is 0 Å². The van der Waals surface area contributed by atoms with Crippen LogP contribution in [0.2, 0.25) is 0 Å². The summed E-state index contributed by atoms with van der Waals surface area (Å²) in [6.07, 6.45) is 5.29. The molecule has 0 saturated heterocycles. The van der Waals surface area contributed by atoms with Crippen molar-refractivity contribution >= 4 is 5.97 Å². The fourth-order valence-electron chi connectivity index (χ4n) is 2.49. The lowest BCUT2D eigenvalue weighted by atomic mass is 9.90. The Morgan fingerprint density at radius 2 is 2.28 bits per heavy atom. The summed E-state index contributed by atoms with van der Waals surface area (Å²) in [6.45, 7) is 0. The summed E-state index contributed by atoms with van der Waals surface area (Å²) in [5.41, 5.74) is 4.65. The van der Waals surface area contributed by atoms with Crippen LogP contribution in [0.3, 0.4) is 0 Å². The second-order valence-electron chi connectivity index (χ2n) is 4.32. The van der Waals surface area contributed by atoms with E-state index in [0.29, 0.717) is 5.69 Å². The summed E-state index contributed by atoms with van der Waals surface area (Å²) in [4.78, 5) is 15.9. The van der Waals surface area contributed by atoms with Crippen molar-refractivity contribution in [3.05, 3.63) is 35.3 Å².